The maximum Gasteiger partial charge on any atom is 0.324 e. The molecule has 0 bridgehead atoms. The van der Waals surface area contributed by atoms with Gasteiger partial charge in [0.25, 0.3) is 6.20 Å². The Morgan fingerprint density at radius 2 is 2.15 bits per heavy atom. The van der Waals surface area contributed by atoms with E-state index in [0.717, 1.165) is 4.90 Å². The van der Waals surface area contributed by atoms with E-state index in [4.69, 9.17) is 16.1 Å². The molecule has 2 aromatic rings. The highest BCUT2D eigenvalue weighted by Crippen LogP contribution is 2.20. The van der Waals surface area contributed by atoms with Gasteiger partial charge in [0.15, 0.2) is 0 Å². The largest absolute Gasteiger partial charge is 0.861 e. The fraction of sp³-hybridized carbons (Fsp3) is 0.250. The summed E-state index contributed by atoms with van der Waals surface area (Å²) in [4.78, 5) is 6.23. The Morgan fingerprint density at radius 3 is 2.75 bits per heavy atom. The molecule has 20 heavy (non-hydrogen) atoms. The molecule has 1 aromatic heterocycles. The molecule has 0 fully saturated rings. The van der Waals surface area contributed by atoms with Crippen LogP contribution in [0, 0.1) is 0 Å². The molecule has 0 unspecified atom stereocenters. The summed E-state index contributed by atoms with van der Waals surface area (Å²) in [6.07, 6.45) is 1.53. The molecule has 1 aromatic carbocycles. The van der Waals surface area contributed by atoms with Crippen LogP contribution < -0.4 is 14.9 Å². The van der Waals surface area contributed by atoms with Gasteiger partial charge in [0, 0.05) is 15.7 Å². The summed E-state index contributed by atoms with van der Waals surface area (Å²) in [7, 11) is 3.59. The number of aliphatic imine (C=N–C) groups is 1. The summed E-state index contributed by atoms with van der Waals surface area (Å²) in [6.45, 7) is 0. The molecular formula is C12H13ClN4O2S. The van der Waals surface area contributed by atoms with Crippen LogP contribution in [0.3, 0.4) is 0 Å². The van der Waals surface area contributed by atoms with Gasteiger partial charge < -0.3 is 5.11 Å². The van der Waals surface area contributed by atoms with E-state index >= 15 is 0 Å². The van der Waals surface area contributed by atoms with Gasteiger partial charge in [-0.2, -0.15) is 5.01 Å². The lowest BCUT2D eigenvalue weighted by Gasteiger charge is -2.08. The standard InChI is InChI=1S/C12H13ClN4O2S/c1-16(2)17-7-12(19-15-17)14-11(18)8-20-10-5-3-9(13)4-6-10/h3-7H,8H2,1-2H3. The molecule has 6 nitrogen and oxygen atoms in total. The minimum atomic E-state index is -0.285. The fourth-order valence-corrected chi connectivity index (χ4v) is 2.11. The second-order valence-electron chi connectivity index (χ2n) is 4.06. The van der Waals surface area contributed by atoms with Crippen LogP contribution in [0.2, 0.25) is 5.02 Å². The first-order valence-corrected chi connectivity index (χ1v) is 7.10. The second kappa shape index (κ2) is 6.62. The smallest absolute Gasteiger partial charge is 0.324 e. The predicted molar refractivity (Wildman–Crippen MR) is 76.0 cm³/mol. The molecule has 1 heterocycles. The maximum absolute atomic E-state index is 11.7. The number of hydrogen-bond donors (Lipinski definition) is 0. The Balaban J connectivity index is 1.94. The topological polar surface area (TPSA) is 68.6 Å². The Hall–Kier alpha value is -1.73. The lowest BCUT2D eigenvalue weighted by atomic mass is 10.4. The van der Waals surface area contributed by atoms with Crippen molar-refractivity contribution in [1.29, 1.82) is 0 Å². The van der Waals surface area contributed by atoms with E-state index in [2.05, 4.69) is 10.3 Å². The average Bonchev–Trinajstić information content (AvgIpc) is 2.87. The van der Waals surface area contributed by atoms with E-state index in [1.165, 1.54) is 22.7 Å². The third-order valence-corrected chi connectivity index (χ3v) is 3.51. The van der Waals surface area contributed by atoms with E-state index in [1.54, 1.807) is 31.2 Å². The lowest BCUT2D eigenvalue weighted by molar-refractivity contribution is -0.753. The van der Waals surface area contributed by atoms with Crippen LogP contribution in [0.25, 0.3) is 0 Å². The van der Waals surface area contributed by atoms with E-state index < -0.39 is 0 Å². The molecule has 0 N–H and O–H groups in total. The lowest BCUT2D eigenvalue weighted by Crippen LogP contribution is -2.53. The summed E-state index contributed by atoms with van der Waals surface area (Å²) < 4.78 is 4.92. The Kier molecular flexibility index (Phi) is 4.86. The first-order chi connectivity index (χ1) is 9.54. The molecule has 2 rings (SSSR count). The van der Waals surface area contributed by atoms with Crippen LogP contribution in [-0.2, 0) is 0 Å². The van der Waals surface area contributed by atoms with Crippen molar-refractivity contribution in [2.45, 2.75) is 4.90 Å². The van der Waals surface area contributed by atoms with Crippen molar-refractivity contribution >= 4 is 35.1 Å². The summed E-state index contributed by atoms with van der Waals surface area (Å²) >= 11 is 7.18. The third-order valence-electron chi connectivity index (χ3n) is 2.26. The van der Waals surface area contributed by atoms with Gasteiger partial charge in [0.1, 0.15) is 0 Å². The normalized spacial score (nSPS) is 11.7. The van der Waals surface area contributed by atoms with Gasteiger partial charge in [-0.15, -0.1) is 11.8 Å². The van der Waals surface area contributed by atoms with Crippen LogP contribution in [0.4, 0.5) is 5.88 Å². The van der Waals surface area contributed by atoms with Crippen LogP contribution in [0.15, 0.2) is 44.9 Å². The molecular weight excluding hydrogens is 300 g/mol. The molecule has 0 radical (unpaired) electrons. The molecule has 0 saturated carbocycles. The number of halogens is 1. The van der Waals surface area contributed by atoms with Gasteiger partial charge in [-0.05, 0) is 30.2 Å². The monoisotopic (exact) mass is 312 g/mol. The highest BCUT2D eigenvalue weighted by atomic mass is 35.5. The third kappa shape index (κ3) is 4.14. The van der Waals surface area contributed by atoms with Crippen LogP contribution in [-0.4, -0.2) is 31.0 Å². The molecule has 0 atom stereocenters. The molecule has 0 aliphatic carbocycles. The minimum absolute atomic E-state index is 0.181. The number of rotatable bonds is 5. The van der Waals surface area contributed by atoms with Gasteiger partial charge in [0.05, 0.1) is 18.9 Å². The molecule has 0 aliphatic rings. The number of benzene rings is 1. The first-order valence-electron chi connectivity index (χ1n) is 5.74. The van der Waals surface area contributed by atoms with Crippen molar-refractivity contribution in [3.05, 3.63) is 35.5 Å². The second-order valence-corrected chi connectivity index (χ2v) is 5.54. The zero-order valence-corrected chi connectivity index (χ0v) is 12.6. The van der Waals surface area contributed by atoms with Crippen molar-refractivity contribution in [3.63, 3.8) is 0 Å². The molecule has 0 amide bonds. The predicted octanol–water partition coefficient (Wildman–Crippen LogP) is 0.996. The molecule has 0 saturated heterocycles. The van der Waals surface area contributed by atoms with E-state index in [-0.39, 0.29) is 17.5 Å². The van der Waals surface area contributed by atoms with Crippen molar-refractivity contribution in [3.8, 4) is 0 Å². The molecule has 0 spiro atoms. The van der Waals surface area contributed by atoms with E-state index in [0.29, 0.717) is 5.02 Å². The van der Waals surface area contributed by atoms with Gasteiger partial charge in [-0.25, -0.2) is 4.99 Å². The fourth-order valence-electron chi connectivity index (χ4n) is 1.30. The summed E-state index contributed by atoms with van der Waals surface area (Å²) in [6, 6.07) is 7.27. The minimum Gasteiger partial charge on any atom is -0.861 e. The van der Waals surface area contributed by atoms with Gasteiger partial charge >= 0.3 is 5.88 Å². The first kappa shape index (κ1) is 14.7. The zero-order chi connectivity index (χ0) is 14.5. The van der Waals surface area contributed by atoms with Crippen LogP contribution in [0.1, 0.15) is 0 Å². The Morgan fingerprint density at radius 1 is 1.45 bits per heavy atom. The summed E-state index contributed by atoms with van der Waals surface area (Å²) in [5.41, 5.74) is 0. The summed E-state index contributed by atoms with van der Waals surface area (Å²) in [5, 5.41) is 17.8. The van der Waals surface area contributed by atoms with Crippen molar-refractivity contribution in [2.24, 2.45) is 4.99 Å². The van der Waals surface area contributed by atoms with Crippen molar-refractivity contribution < 1.29 is 14.4 Å². The highest BCUT2D eigenvalue weighted by Gasteiger charge is 2.12. The SMILES string of the molecule is CN(C)[n+]1cc(/N=C(/[O-])CSc2ccc(Cl)cc2)on1. The Bertz CT molecular complexity index is 598. The van der Waals surface area contributed by atoms with Gasteiger partial charge in [0.2, 0.25) is 5.27 Å². The van der Waals surface area contributed by atoms with E-state index in [9.17, 15) is 5.11 Å². The van der Waals surface area contributed by atoms with Crippen molar-refractivity contribution in [1.82, 2.24) is 5.27 Å². The van der Waals surface area contributed by atoms with Gasteiger partial charge in [-0.1, -0.05) is 11.6 Å². The zero-order valence-electron chi connectivity index (χ0n) is 11.0. The number of hydrogen-bond acceptors (Lipinski definition) is 6. The average molecular weight is 313 g/mol. The molecule has 0 aliphatic heterocycles. The van der Waals surface area contributed by atoms with Gasteiger partial charge in [-0.3, -0.25) is 4.52 Å². The van der Waals surface area contributed by atoms with Crippen LogP contribution >= 0.6 is 23.4 Å². The highest BCUT2D eigenvalue weighted by molar-refractivity contribution is 8.00. The Labute approximate surface area is 125 Å². The molecule has 8 heteroatoms. The van der Waals surface area contributed by atoms with Crippen molar-refractivity contribution in [2.75, 3.05) is 24.9 Å². The summed E-state index contributed by atoms with van der Waals surface area (Å²) in [5.74, 6) is 0.122. The number of aromatic nitrogens is 2. The number of thioether (sulfide) groups is 1. The molecule has 106 valence electrons. The van der Waals surface area contributed by atoms with Crippen LogP contribution in [0.5, 0.6) is 0 Å². The quantitative estimate of drug-likeness (QED) is 0.356. The van der Waals surface area contributed by atoms with E-state index in [1.807, 2.05) is 12.1 Å². The number of nitrogens with zero attached hydrogens (tertiary/aromatic N) is 4. The maximum atomic E-state index is 11.7.